The Hall–Kier alpha value is -0.610. The SMILES string of the molecule is CCOC1CC(NCC(=O)N(C)C(C)C)C1(C)C. The number of carbonyl (C=O) groups is 1. The molecule has 0 aromatic rings. The van der Waals surface area contributed by atoms with Gasteiger partial charge in [0.1, 0.15) is 0 Å². The van der Waals surface area contributed by atoms with E-state index >= 15 is 0 Å². The Morgan fingerprint density at radius 2 is 2.11 bits per heavy atom. The van der Waals surface area contributed by atoms with Crippen molar-refractivity contribution in [3.05, 3.63) is 0 Å². The minimum absolute atomic E-state index is 0.118. The zero-order chi connectivity index (χ0) is 13.9. The second kappa shape index (κ2) is 6.02. The molecule has 0 heterocycles. The maximum absolute atomic E-state index is 11.9. The summed E-state index contributed by atoms with van der Waals surface area (Å²) in [5.74, 6) is 0.153. The molecule has 0 bridgehead atoms. The third-order valence-corrected chi connectivity index (χ3v) is 4.21. The standard InChI is InChI=1S/C14H28N2O2/c1-7-18-12-8-11(14(12,4)5)15-9-13(17)16(6)10(2)3/h10-12,15H,7-9H2,1-6H3. The molecule has 4 nitrogen and oxygen atoms in total. The molecule has 0 radical (unpaired) electrons. The lowest BCUT2D eigenvalue weighted by molar-refractivity contribution is -0.134. The molecule has 1 fully saturated rings. The van der Waals surface area contributed by atoms with Gasteiger partial charge in [0.2, 0.25) is 5.91 Å². The summed E-state index contributed by atoms with van der Waals surface area (Å²) < 4.78 is 5.68. The smallest absolute Gasteiger partial charge is 0.236 e. The first-order valence-corrected chi connectivity index (χ1v) is 6.91. The first-order valence-electron chi connectivity index (χ1n) is 6.91. The average Bonchev–Trinajstić information content (AvgIpc) is 2.31. The zero-order valence-corrected chi connectivity index (χ0v) is 12.6. The highest BCUT2D eigenvalue weighted by Gasteiger charge is 2.48. The molecule has 1 aliphatic rings. The van der Waals surface area contributed by atoms with Crippen molar-refractivity contribution in [3.8, 4) is 0 Å². The predicted molar refractivity (Wildman–Crippen MR) is 73.5 cm³/mol. The molecule has 0 spiro atoms. The monoisotopic (exact) mass is 256 g/mol. The normalized spacial score (nSPS) is 25.9. The van der Waals surface area contributed by atoms with Crippen LogP contribution in [-0.2, 0) is 9.53 Å². The highest BCUT2D eigenvalue weighted by atomic mass is 16.5. The topological polar surface area (TPSA) is 41.6 Å². The number of nitrogens with zero attached hydrogens (tertiary/aromatic N) is 1. The number of hydrogen-bond acceptors (Lipinski definition) is 3. The van der Waals surface area contributed by atoms with Crippen LogP contribution in [0.2, 0.25) is 0 Å². The Morgan fingerprint density at radius 3 is 2.56 bits per heavy atom. The van der Waals surface area contributed by atoms with Crippen molar-refractivity contribution in [1.29, 1.82) is 0 Å². The number of amides is 1. The molecule has 1 saturated carbocycles. The highest BCUT2D eigenvalue weighted by Crippen LogP contribution is 2.42. The predicted octanol–water partition coefficient (Wildman–Crippen LogP) is 1.65. The van der Waals surface area contributed by atoms with Crippen LogP contribution in [0.3, 0.4) is 0 Å². The number of hydrogen-bond donors (Lipinski definition) is 1. The van der Waals surface area contributed by atoms with Crippen molar-refractivity contribution in [2.75, 3.05) is 20.2 Å². The van der Waals surface area contributed by atoms with E-state index in [9.17, 15) is 4.79 Å². The van der Waals surface area contributed by atoms with Gasteiger partial charge in [0, 0.05) is 31.2 Å². The van der Waals surface area contributed by atoms with Crippen LogP contribution < -0.4 is 5.32 Å². The molecule has 1 N–H and O–H groups in total. The number of likely N-dealkylation sites (N-methyl/N-ethyl adjacent to an activating group) is 1. The zero-order valence-electron chi connectivity index (χ0n) is 12.6. The fourth-order valence-electron chi connectivity index (χ4n) is 2.34. The Bertz CT molecular complexity index is 290. The molecular formula is C14H28N2O2. The van der Waals surface area contributed by atoms with Crippen LogP contribution in [-0.4, -0.2) is 49.2 Å². The quantitative estimate of drug-likeness (QED) is 0.785. The van der Waals surface area contributed by atoms with Crippen molar-refractivity contribution < 1.29 is 9.53 Å². The first kappa shape index (κ1) is 15.4. The van der Waals surface area contributed by atoms with Gasteiger partial charge in [-0.15, -0.1) is 0 Å². The van der Waals surface area contributed by atoms with Crippen LogP contribution in [0.4, 0.5) is 0 Å². The van der Waals surface area contributed by atoms with Gasteiger partial charge in [-0.1, -0.05) is 13.8 Å². The molecular weight excluding hydrogens is 228 g/mol. The lowest BCUT2D eigenvalue weighted by Gasteiger charge is -2.52. The van der Waals surface area contributed by atoms with E-state index in [0.29, 0.717) is 18.7 Å². The van der Waals surface area contributed by atoms with Crippen molar-refractivity contribution in [2.45, 2.75) is 59.2 Å². The third-order valence-electron chi connectivity index (χ3n) is 4.21. The van der Waals surface area contributed by atoms with E-state index in [2.05, 4.69) is 19.2 Å². The van der Waals surface area contributed by atoms with Crippen LogP contribution in [0, 0.1) is 5.41 Å². The van der Waals surface area contributed by atoms with Crippen LogP contribution in [0.1, 0.15) is 41.0 Å². The minimum Gasteiger partial charge on any atom is -0.378 e. The van der Waals surface area contributed by atoms with E-state index in [1.165, 1.54) is 0 Å². The molecule has 1 rings (SSSR count). The van der Waals surface area contributed by atoms with Gasteiger partial charge in [0.05, 0.1) is 12.6 Å². The summed E-state index contributed by atoms with van der Waals surface area (Å²) >= 11 is 0. The number of nitrogens with one attached hydrogen (secondary N) is 1. The molecule has 2 atom stereocenters. The maximum atomic E-state index is 11.9. The Morgan fingerprint density at radius 1 is 1.50 bits per heavy atom. The van der Waals surface area contributed by atoms with Crippen LogP contribution in [0.25, 0.3) is 0 Å². The molecule has 2 unspecified atom stereocenters. The molecule has 0 aromatic carbocycles. The summed E-state index contributed by atoms with van der Waals surface area (Å²) in [5, 5.41) is 3.36. The van der Waals surface area contributed by atoms with Gasteiger partial charge in [-0.2, -0.15) is 0 Å². The van der Waals surface area contributed by atoms with E-state index in [4.69, 9.17) is 4.74 Å². The fourth-order valence-corrected chi connectivity index (χ4v) is 2.34. The summed E-state index contributed by atoms with van der Waals surface area (Å²) in [7, 11) is 1.85. The van der Waals surface area contributed by atoms with Gasteiger partial charge < -0.3 is 15.0 Å². The Kier molecular flexibility index (Phi) is 5.17. The number of rotatable bonds is 6. The fraction of sp³-hybridized carbons (Fsp3) is 0.929. The molecule has 106 valence electrons. The van der Waals surface area contributed by atoms with Gasteiger partial charge in [-0.05, 0) is 27.2 Å². The van der Waals surface area contributed by atoms with Crippen molar-refractivity contribution >= 4 is 5.91 Å². The molecule has 1 aliphatic carbocycles. The highest BCUT2D eigenvalue weighted by molar-refractivity contribution is 5.78. The summed E-state index contributed by atoms with van der Waals surface area (Å²) in [4.78, 5) is 13.7. The Labute approximate surface area is 111 Å². The van der Waals surface area contributed by atoms with Gasteiger partial charge >= 0.3 is 0 Å². The van der Waals surface area contributed by atoms with Gasteiger partial charge in [0.25, 0.3) is 0 Å². The van der Waals surface area contributed by atoms with Crippen LogP contribution in [0.5, 0.6) is 0 Å². The van der Waals surface area contributed by atoms with Crippen molar-refractivity contribution in [2.24, 2.45) is 5.41 Å². The molecule has 0 aromatic heterocycles. The Balaban J connectivity index is 2.36. The maximum Gasteiger partial charge on any atom is 0.236 e. The van der Waals surface area contributed by atoms with Gasteiger partial charge in [0.15, 0.2) is 0 Å². The van der Waals surface area contributed by atoms with Crippen molar-refractivity contribution in [3.63, 3.8) is 0 Å². The van der Waals surface area contributed by atoms with E-state index in [1.54, 1.807) is 4.90 Å². The summed E-state index contributed by atoms with van der Waals surface area (Å²) in [6, 6.07) is 0.628. The van der Waals surface area contributed by atoms with Gasteiger partial charge in [-0.25, -0.2) is 0 Å². The van der Waals surface area contributed by atoms with Crippen LogP contribution in [0.15, 0.2) is 0 Å². The van der Waals surface area contributed by atoms with E-state index in [1.807, 2.05) is 27.8 Å². The summed E-state index contributed by atoms with van der Waals surface area (Å²) in [6.07, 6.45) is 1.32. The van der Waals surface area contributed by atoms with E-state index in [0.717, 1.165) is 13.0 Å². The molecule has 4 heteroatoms. The number of carbonyl (C=O) groups excluding carboxylic acids is 1. The largest absolute Gasteiger partial charge is 0.378 e. The molecule has 1 amide bonds. The molecule has 0 aliphatic heterocycles. The van der Waals surface area contributed by atoms with E-state index in [-0.39, 0.29) is 17.4 Å². The first-order chi connectivity index (χ1) is 8.30. The summed E-state index contributed by atoms with van der Waals surface area (Å²) in [5.41, 5.74) is 0.118. The van der Waals surface area contributed by atoms with Crippen LogP contribution >= 0.6 is 0 Å². The van der Waals surface area contributed by atoms with E-state index < -0.39 is 0 Å². The van der Waals surface area contributed by atoms with Gasteiger partial charge in [-0.3, -0.25) is 4.79 Å². The second-order valence-corrected chi connectivity index (χ2v) is 6.03. The molecule has 0 saturated heterocycles. The number of ether oxygens (including phenoxy) is 1. The van der Waals surface area contributed by atoms with Crippen molar-refractivity contribution in [1.82, 2.24) is 10.2 Å². The average molecular weight is 256 g/mol. The third kappa shape index (κ3) is 3.23. The second-order valence-electron chi connectivity index (χ2n) is 6.03. The minimum atomic E-state index is 0.118. The summed E-state index contributed by atoms with van der Waals surface area (Å²) in [6.45, 7) is 11.7. The molecule has 18 heavy (non-hydrogen) atoms. The lowest BCUT2D eigenvalue weighted by atomic mass is 9.64. The lowest BCUT2D eigenvalue weighted by Crippen LogP contribution is -2.62.